The lowest BCUT2D eigenvalue weighted by Crippen LogP contribution is -2.73. The molecule has 2 amide bonds. The van der Waals surface area contributed by atoms with Crippen LogP contribution in [0.1, 0.15) is 31.9 Å². The van der Waals surface area contributed by atoms with Crippen LogP contribution in [0.3, 0.4) is 0 Å². The third-order valence-corrected chi connectivity index (χ3v) is 10.3. The summed E-state index contributed by atoms with van der Waals surface area (Å²) in [6, 6.07) is 5.67. The van der Waals surface area contributed by atoms with E-state index in [1.54, 1.807) is 22.7 Å². The Labute approximate surface area is 178 Å². The van der Waals surface area contributed by atoms with Crippen molar-refractivity contribution >= 4 is 33.4 Å². The van der Waals surface area contributed by atoms with Gasteiger partial charge in [0.05, 0.1) is 6.04 Å². The molecule has 1 spiro atoms. The summed E-state index contributed by atoms with van der Waals surface area (Å²) in [4.78, 5) is 31.2. The molecule has 6 rings (SSSR count). The summed E-state index contributed by atoms with van der Waals surface area (Å²) in [7, 11) is 8.89. The standard InChI is InChI=1S/C20H25N3O4S2/c1-18(10-21(3)4)9-20-17(25)22(5)19(2,28-29-20)16(24)23(20)15(18)12-6-7-13-14(8-12)27-11-26-13/h6-8,15H,9-11H2,1-5H3/t15-,18+,19?,20?/m0/s1. The Kier molecular flexibility index (Phi) is 4.00. The monoisotopic (exact) mass is 435 g/mol. The number of likely N-dealkylation sites (N-methyl/N-ethyl adjacent to an activating group) is 1. The maximum Gasteiger partial charge on any atom is 0.261 e. The van der Waals surface area contributed by atoms with E-state index in [0.29, 0.717) is 12.2 Å². The molecule has 0 saturated carbocycles. The SMILES string of the molecule is CN(C)C[C@@]1(C)CC23SSC(C)(C(=O)N2[C@H]1c1ccc2c(c1)OCO2)N(C)C3=O. The smallest absolute Gasteiger partial charge is 0.261 e. The van der Waals surface area contributed by atoms with Crippen molar-refractivity contribution < 1.29 is 19.1 Å². The van der Waals surface area contributed by atoms with Crippen LogP contribution in [0.15, 0.2) is 18.2 Å². The van der Waals surface area contributed by atoms with Gasteiger partial charge in [-0.05, 0) is 45.1 Å². The van der Waals surface area contributed by atoms with E-state index in [4.69, 9.17) is 9.47 Å². The van der Waals surface area contributed by atoms with Crippen molar-refractivity contribution in [2.75, 3.05) is 34.5 Å². The molecule has 4 atom stereocenters. The molecule has 5 heterocycles. The van der Waals surface area contributed by atoms with Gasteiger partial charge in [-0.2, -0.15) is 0 Å². The first-order valence-electron chi connectivity index (χ1n) is 9.66. The van der Waals surface area contributed by atoms with Gasteiger partial charge in [0, 0.05) is 19.0 Å². The fourth-order valence-corrected chi connectivity index (χ4v) is 8.99. The quantitative estimate of drug-likeness (QED) is 0.676. The van der Waals surface area contributed by atoms with E-state index in [2.05, 4.69) is 11.8 Å². The van der Waals surface area contributed by atoms with Gasteiger partial charge in [0.15, 0.2) is 21.2 Å². The molecule has 2 bridgehead atoms. The van der Waals surface area contributed by atoms with E-state index < -0.39 is 9.74 Å². The van der Waals surface area contributed by atoms with Gasteiger partial charge in [-0.15, -0.1) is 0 Å². The van der Waals surface area contributed by atoms with Crippen LogP contribution >= 0.6 is 21.6 Å². The predicted molar refractivity (Wildman–Crippen MR) is 113 cm³/mol. The van der Waals surface area contributed by atoms with E-state index in [0.717, 1.165) is 17.9 Å². The number of carbonyl (C=O) groups is 2. The zero-order valence-corrected chi connectivity index (χ0v) is 18.9. The highest BCUT2D eigenvalue weighted by Gasteiger charge is 2.74. The molecule has 1 aromatic carbocycles. The minimum Gasteiger partial charge on any atom is -0.454 e. The van der Waals surface area contributed by atoms with Crippen LogP contribution < -0.4 is 9.47 Å². The third-order valence-electron chi connectivity index (χ3n) is 6.58. The molecule has 0 N–H and O–H groups in total. The minimum atomic E-state index is -0.887. The molecular weight excluding hydrogens is 410 g/mol. The lowest BCUT2D eigenvalue weighted by molar-refractivity contribution is -0.164. The number of hydrogen-bond acceptors (Lipinski definition) is 7. The normalized spacial score (nSPS) is 37.7. The number of hydrogen-bond donors (Lipinski definition) is 0. The Balaban J connectivity index is 1.69. The lowest BCUT2D eigenvalue weighted by Gasteiger charge is -2.57. The fourth-order valence-electron chi connectivity index (χ4n) is 5.38. The molecular formula is C20H25N3O4S2. The van der Waals surface area contributed by atoms with Crippen molar-refractivity contribution in [1.82, 2.24) is 14.7 Å². The van der Waals surface area contributed by atoms with E-state index in [1.165, 1.54) is 10.8 Å². The van der Waals surface area contributed by atoms with Gasteiger partial charge in [-0.1, -0.05) is 34.6 Å². The predicted octanol–water partition coefficient (Wildman–Crippen LogP) is 2.54. The molecule has 0 radical (unpaired) electrons. The summed E-state index contributed by atoms with van der Waals surface area (Å²) in [6.45, 7) is 5.01. The topological polar surface area (TPSA) is 62.3 Å². The van der Waals surface area contributed by atoms with Crippen LogP contribution in [0.5, 0.6) is 11.5 Å². The molecule has 1 aromatic rings. The highest BCUT2D eigenvalue weighted by atomic mass is 33.1. The second kappa shape index (κ2) is 5.98. The minimum absolute atomic E-state index is 0.00787. The van der Waals surface area contributed by atoms with Crippen molar-refractivity contribution in [2.45, 2.75) is 36.1 Å². The van der Waals surface area contributed by atoms with Crippen molar-refractivity contribution in [3.63, 3.8) is 0 Å². The van der Waals surface area contributed by atoms with Gasteiger partial charge in [0.25, 0.3) is 11.8 Å². The Hall–Kier alpha value is -1.58. The van der Waals surface area contributed by atoms with Gasteiger partial charge < -0.3 is 24.2 Å². The molecule has 4 saturated heterocycles. The molecule has 4 fully saturated rings. The Bertz CT molecular complexity index is 927. The molecule has 29 heavy (non-hydrogen) atoms. The summed E-state index contributed by atoms with van der Waals surface area (Å²) in [5, 5.41) is 0. The summed E-state index contributed by atoms with van der Waals surface area (Å²) >= 11 is 0. The second-order valence-electron chi connectivity index (χ2n) is 9.06. The molecule has 156 valence electrons. The van der Waals surface area contributed by atoms with Crippen LogP contribution in [0.25, 0.3) is 0 Å². The molecule has 0 aliphatic carbocycles. The maximum absolute atomic E-state index is 13.8. The number of benzene rings is 1. The summed E-state index contributed by atoms with van der Waals surface area (Å²) in [5.41, 5.74) is 0.688. The first-order chi connectivity index (χ1) is 13.6. The van der Waals surface area contributed by atoms with E-state index in [1.807, 2.05) is 44.1 Å². The van der Waals surface area contributed by atoms with Crippen molar-refractivity contribution in [2.24, 2.45) is 5.41 Å². The van der Waals surface area contributed by atoms with Crippen LogP contribution in [0, 0.1) is 5.41 Å². The van der Waals surface area contributed by atoms with Crippen LogP contribution in [0.4, 0.5) is 0 Å². The zero-order chi connectivity index (χ0) is 20.8. The lowest BCUT2D eigenvalue weighted by atomic mass is 9.77. The summed E-state index contributed by atoms with van der Waals surface area (Å²) in [6.07, 6.45) is 0.611. The fraction of sp³-hybridized carbons (Fsp3) is 0.600. The first kappa shape index (κ1) is 19.4. The second-order valence-corrected chi connectivity index (χ2v) is 11.9. The number of piperazine rings is 1. The number of amides is 2. The number of carbonyl (C=O) groups excluding carboxylic acids is 2. The molecule has 0 aromatic heterocycles. The molecule has 5 aliphatic rings. The first-order valence-corrected chi connectivity index (χ1v) is 11.8. The largest absolute Gasteiger partial charge is 0.454 e. The number of rotatable bonds is 3. The van der Waals surface area contributed by atoms with Crippen LogP contribution in [-0.2, 0) is 9.59 Å². The highest BCUT2D eigenvalue weighted by Crippen LogP contribution is 2.69. The third kappa shape index (κ3) is 2.38. The van der Waals surface area contributed by atoms with E-state index in [9.17, 15) is 9.59 Å². The zero-order valence-electron chi connectivity index (χ0n) is 17.2. The number of nitrogens with zero attached hydrogens (tertiary/aromatic N) is 3. The Morgan fingerprint density at radius 1 is 1.14 bits per heavy atom. The maximum atomic E-state index is 13.8. The van der Waals surface area contributed by atoms with Gasteiger partial charge in [-0.25, -0.2) is 0 Å². The summed E-state index contributed by atoms with van der Waals surface area (Å²) < 4.78 is 11.1. The molecule has 5 aliphatic heterocycles. The van der Waals surface area contributed by atoms with Crippen LogP contribution in [-0.4, -0.2) is 70.7 Å². The van der Waals surface area contributed by atoms with Gasteiger partial charge in [-0.3, -0.25) is 9.59 Å². The van der Waals surface area contributed by atoms with Gasteiger partial charge in [0.2, 0.25) is 6.79 Å². The van der Waals surface area contributed by atoms with Crippen LogP contribution in [0.2, 0.25) is 0 Å². The van der Waals surface area contributed by atoms with Gasteiger partial charge in [0.1, 0.15) is 0 Å². The van der Waals surface area contributed by atoms with Crippen molar-refractivity contribution in [3.05, 3.63) is 23.8 Å². The molecule has 2 unspecified atom stereocenters. The number of ether oxygens (including phenoxy) is 2. The van der Waals surface area contributed by atoms with Gasteiger partial charge >= 0.3 is 0 Å². The summed E-state index contributed by atoms with van der Waals surface area (Å²) in [5.74, 6) is 1.45. The van der Waals surface area contributed by atoms with Crippen molar-refractivity contribution in [1.29, 1.82) is 0 Å². The molecule has 7 nitrogen and oxygen atoms in total. The van der Waals surface area contributed by atoms with E-state index in [-0.39, 0.29) is 30.1 Å². The average Bonchev–Trinajstić information content (AvgIpc) is 3.22. The Morgan fingerprint density at radius 3 is 2.59 bits per heavy atom. The average molecular weight is 436 g/mol. The Morgan fingerprint density at radius 2 is 1.86 bits per heavy atom. The highest BCUT2D eigenvalue weighted by molar-refractivity contribution is 8.78. The van der Waals surface area contributed by atoms with E-state index >= 15 is 0 Å². The number of fused-ring (bicyclic) bond motifs is 3. The van der Waals surface area contributed by atoms with Crippen molar-refractivity contribution in [3.8, 4) is 11.5 Å². The molecule has 9 heteroatoms.